The Balaban J connectivity index is 4.17. The molecule has 0 fully saturated rings. The van der Waals surface area contributed by atoms with E-state index < -0.39 is 24.3 Å². The Hall–Kier alpha value is -1.97. The van der Waals surface area contributed by atoms with E-state index in [2.05, 4.69) is 26.0 Å². The molecular formula is C55H105NO8. The van der Waals surface area contributed by atoms with Gasteiger partial charge in [0, 0.05) is 12.8 Å². The summed E-state index contributed by atoms with van der Waals surface area (Å²) in [6, 6.07) is 0. The third kappa shape index (κ3) is 48.0. The molecule has 0 aromatic heterocycles. The van der Waals surface area contributed by atoms with Gasteiger partial charge in [-0.1, -0.05) is 225 Å². The molecule has 378 valence electrons. The van der Waals surface area contributed by atoms with Gasteiger partial charge in [-0.05, 0) is 38.5 Å². The molecule has 9 heteroatoms. The zero-order chi connectivity index (χ0) is 47.0. The number of carbonyl (C=O) groups excluding carboxylic acids is 3. The molecule has 0 saturated carbocycles. The van der Waals surface area contributed by atoms with E-state index in [4.69, 9.17) is 18.9 Å². The van der Waals surface area contributed by atoms with Crippen molar-refractivity contribution < 1.29 is 42.9 Å². The summed E-state index contributed by atoms with van der Waals surface area (Å²) in [7, 11) is 5.92. The number of allylic oxidation sites excluding steroid dienone is 2. The molecule has 0 N–H and O–H groups in total. The number of hydrogen-bond acceptors (Lipinski definition) is 8. The Morgan fingerprint density at radius 2 is 0.797 bits per heavy atom. The monoisotopic (exact) mass is 908 g/mol. The van der Waals surface area contributed by atoms with Crippen LogP contribution in [0.4, 0.5) is 0 Å². The van der Waals surface area contributed by atoms with Crippen LogP contribution in [-0.4, -0.2) is 82.3 Å². The van der Waals surface area contributed by atoms with Gasteiger partial charge in [0.05, 0.1) is 40.3 Å². The van der Waals surface area contributed by atoms with Gasteiger partial charge in [0.2, 0.25) is 0 Å². The molecule has 0 heterocycles. The van der Waals surface area contributed by atoms with E-state index in [0.29, 0.717) is 23.9 Å². The largest absolute Gasteiger partial charge is 0.545 e. The number of carboxylic acid groups (broad SMARTS) is 1. The predicted molar refractivity (Wildman–Crippen MR) is 265 cm³/mol. The maximum Gasteiger partial charge on any atom is 0.306 e. The zero-order valence-corrected chi connectivity index (χ0v) is 42.9. The minimum Gasteiger partial charge on any atom is -0.545 e. The van der Waals surface area contributed by atoms with Crippen LogP contribution in [0.25, 0.3) is 0 Å². The zero-order valence-electron chi connectivity index (χ0n) is 42.9. The van der Waals surface area contributed by atoms with Gasteiger partial charge in [-0.2, -0.15) is 0 Å². The molecule has 0 aromatic carbocycles. The number of quaternary nitrogens is 1. The molecular weight excluding hydrogens is 803 g/mol. The highest BCUT2D eigenvalue weighted by molar-refractivity contribution is 5.70. The van der Waals surface area contributed by atoms with E-state index in [1.807, 2.05) is 21.1 Å². The van der Waals surface area contributed by atoms with Gasteiger partial charge in [-0.15, -0.1) is 0 Å². The van der Waals surface area contributed by atoms with E-state index in [1.54, 1.807) is 0 Å². The standard InChI is InChI=1S/C55H105NO8/c1-6-8-10-12-14-16-18-20-22-23-24-25-26-27-28-29-30-31-32-34-35-37-39-41-43-45-52(57)62-49-51(50-63-55(54(59)60)61-48-47-56(3,4)5)64-53(58)46-44-42-40-38-36-33-21-19-17-15-13-11-9-7-2/h19,21,51,55H,6-18,20,22-50H2,1-5H3/b21-19-. The Bertz CT molecular complexity index is 1060. The van der Waals surface area contributed by atoms with Crippen molar-refractivity contribution in [3.8, 4) is 0 Å². The second-order valence-corrected chi connectivity index (χ2v) is 19.9. The van der Waals surface area contributed by atoms with Crippen molar-refractivity contribution >= 4 is 17.9 Å². The fourth-order valence-corrected chi connectivity index (χ4v) is 8.00. The lowest BCUT2D eigenvalue weighted by Crippen LogP contribution is -2.44. The first-order chi connectivity index (χ1) is 31.1. The summed E-state index contributed by atoms with van der Waals surface area (Å²) in [6.07, 6.45) is 49.7. The minimum absolute atomic E-state index is 0.149. The molecule has 0 aromatic rings. The van der Waals surface area contributed by atoms with Gasteiger partial charge in [0.25, 0.3) is 0 Å². The van der Waals surface area contributed by atoms with Crippen molar-refractivity contribution in [2.24, 2.45) is 0 Å². The first-order valence-corrected chi connectivity index (χ1v) is 27.3. The van der Waals surface area contributed by atoms with Gasteiger partial charge in [-0.25, -0.2) is 0 Å². The molecule has 0 saturated heterocycles. The molecule has 0 rings (SSSR count). The van der Waals surface area contributed by atoms with Crippen LogP contribution in [0.2, 0.25) is 0 Å². The molecule has 0 aliphatic heterocycles. The topological polar surface area (TPSA) is 111 Å². The number of aliphatic carboxylic acids is 1. The third-order valence-electron chi connectivity index (χ3n) is 12.3. The molecule has 9 nitrogen and oxygen atoms in total. The summed E-state index contributed by atoms with van der Waals surface area (Å²) < 4.78 is 22.6. The average Bonchev–Trinajstić information content (AvgIpc) is 3.26. The number of hydrogen-bond donors (Lipinski definition) is 0. The fourth-order valence-electron chi connectivity index (χ4n) is 8.00. The SMILES string of the molecule is CCCCCCC/C=C\CCCCCCCC(=O)OC(COC(=O)CCCCCCCCCCCCCCCCCCCCCCCCCCC)COC(OCC[N+](C)(C)C)C(=O)[O-]. The molecule has 0 aliphatic carbocycles. The molecule has 0 amide bonds. The lowest BCUT2D eigenvalue weighted by molar-refractivity contribution is -0.870. The van der Waals surface area contributed by atoms with Crippen molar-refractivity contribution in [1.29, 1.82) is 0 Å². The van der Waals surface area contributed by atoms with Crippen LogP contribution in [-0.2, 0) is 33.3 Å². The second-order valence-electron chi connectivity index (χ2n) is 19.9. The fraction of sp³-hybridized carbons (Fsp3) is 0.909. The lowest BCUT2D eigenvalue weighted by Gasteiger charge is -2.26. The second kappa shape index (κ2) is 47.5. The van der Waals surface area contributed by atoms with Gasteiger partial charge < -0.3 is 33.3 Å². The summed E-state index contributed by atoms with van der Waals surface area (Å²) in [4.78, 5) is 37.1. The van der Waals surface area contributed by atoms with Crippen molar-refractivity contribution in [3.05, 3.63) is 12.2 Å². The highest BCUT2D eigenvalue weighted by Crippen LogP contribution is 2.17. The number of unbranched alkanes of at least 4 members (excludes halogenated alkanes) is 34. The van der Waals surface area contributed by atoms with E-state index in [1.165, 1.54) is 180 Å². The van der Waals surface area contributed by atoms with E-state index >= 15 is 0 Å². The summed E-state index contributed by atoms with van der Waals surface area (Å²) in [5.74, 6) is -2.28. The van der Waals surface area contributed by atoms with Gasteiger partial charge in [-0.3, -0.25) is 9.59 Å². The highest BCUT2D eigenvalue weighted by atomic mass is 16.7. The lowest BCUT2D eigenvalue weighted by atomic mass is 10.0. The Morgan fingerprint density at radius 3 is 1.16 bits per heavy atom. The molecule has 0 aliphatic rings. The maximum atomic E-state index is 12.8. The number of ether oxygens (including phenoxy) is 4. The van der Waals surface area contributed by atoms with Gasteiger partial charge >= 0.3 is 11.9 Å². The normalized spacial score (nSPS) is 12.8. The van der Waals surface area contributed by atoms with Crippen molar-refractivity contribution in [2.45, 2.75) is 277 Å². The molecule has 0 radical (unpaired) electrons. The summed E-state index contributed by atoms with van der Waals surface area (Å²) in [6.45, 7) is 4.77. The third-order valence-corrected chi connectivity index (χ3v) is 12.3. The van der Waals surface area contributed by atoms with Gasteiger partial charge in [0.15, 0.2) is 12.4 Å². The molecule has 0 spiro atoms. The minimum atomic E-state index is -1.62. The van der Waals surface area contributed by atoms with Crippen LogP contribution >= 0.6 is 0 Å². The van der Waals surface area contributed by atoms with Gasteiger partial charge in [0.1, 0.15) is 13.2 Å². The number of carboxylic acids is 1. The quantitative estimate of drug-likeness (QED) is 0.0195. The summed E-state index contributed by atoms with van der Waals surface area (Å²) in [5, 5.41) is 11.7. The number of nitrogens with zero attached hydrogens (tertiary/aromatic N) is 1. The summed E-state index contributed by atoms with van der Waals surface area (Å²) in [5.41, 5.74) is 0. The number of carbonyl (C=O) groups is 3. The Labute approximate surface area is 395 Å². The molecule has 2 unspecified atom stereocenters. The summed E-state index contributed by atoms with van der Waals surface area (Å²) >= 11 is 0. The average molecular weight is 908 g/mol. The Kier molecular flexibility index (Phi) is 46.1. The maximum absolute atomic E-state index is 12.8. The highest BCUT2D eigenvalue weighted by Gasteiger charge is 2.22. The smallest absolute Gasteiger partial charge is 0.306 e. The molecule has 2 atom stereocenters. The molecule has 0 bridgehead atoms. The number of likely N-dealkylation sites (N-methyl/N-ethyl adjacent to an activating group) is 1. The number of esters is 2. The first-order valence-electron chi connectivity index (χ1n) is 27.3. The van der Waals surface area contributed by atoms with Crippen molar-refractivity contribution in [1.82, 2.24) is 0 Å². The van der Waals surface area contributed by atoms with Crippen LogP contribution < -0.4 is 5.11 Å². The number of rotatable bonds is 51. The van der Waals surface area contributed by atoms with Crippen LogP contribution in [0.3, 0.4) is 0 Å². The molecule has 64 heavy (non-hydrogen) atoms. The van der Waals surface area contributed by atoms with Crippen LogP contribution in [0.15, 0.2) is 12.2 Å². The van der Waals surface area contributed by atoms with Crippen LogP contribution in [0, 0.1) is 0 Å². The first kappa shape index (κ1) is 62.0. The van der Waals surface area contributed by atoms with E-state index in [0.717, 1.165) is 51.4 Å². The Morgan fingerprint density at radius 1 is 0.453 bits per heavy atom. The van der Waals surface area contributed by atoms with Crippen LogP contribution in [0.5, 0.6) is 0 Å². The van der Waals surface area contributed by atoms with E-state index in [9.17, 15) is 19.5 Å². The predicted octanol–water partition coefficient (Wildman–Crippen LogP) is 14.1. The van der Waals surface area contributed by atoms with Crippen LogP contribution in [0.1, 0.15) is 264 Å². The van der Waals surface area contributed by atoms with E-state index in [-0.39, 0.29) is 32.2 Å². The van der Waals surface area contributed by atoms with Crippen molar-refractivity contribution in [2.75, 3.05) is 47.5 Å². The van der Waals surface area contributed by atoms with Crippen molar-refractivity contribution in [3.63, 3.8) is 0 Å².